The number of halogens is 2. The highest BCUT2D eigenvalue weighted by molar-refractivity contribution is 9.09. The third-order valence-corrected chi connectivity index (χ3v) is 11.8. The molecule has 3 aromatic rings. The average molecular weight is 835 g/mol. The molecule has 3 amide bonds. The van der Waals surface area contributed by atoms with Gasteiger partial charge in [0.1, 0.15) is 17.7 Å². The van der Waals surface area contributed by atoms with Gasteiger partial charge in [-0.2, -0.15) is 0 Å². The van der Waals surface area contributed by atoms with E-state index in [1.807, 2.05) is 12.1 Å². The Bertz CT molecular complexity index is 1880. The van der Waals surface area contributed by atoms with Gasteiger partial charge in [0.05, 0.1) is 53.9 Å². The molecule has 290 valence electrons. The fourth-order valence-electron chi connectivity index (χ4n) is 8.36. The lowest BCUT2D eigenvalue weighted by Crippen LogP contribution is -2.57. The molecule has 0 saturated carbocycles. The summed E-state index contributed by atoms with van der Waals surface area (Å²) in [6.07, 6.45) is 2.22. The monoisotopic (exact) mass is 833 g/mol. The van der Waals surface area contributed by atoms with E-state index in [0.717, 1.165) is 0 Å². The molecule has 3 aliphatic rings. The Morgan fingerprint density at radius 1 is 1.05 bits per heavy atom. The number of para-hydroxylation sites is 1. The Balaban J connectivity index is 1.43. The van der Waals surface area contributed by atoms with Gasteiger partial charge in [-0.05, 0) is 36.1 Å². The molecule has 0 aliphatic carbocycles. The van der Waals surface area contributed by atoms with Crippen LogP contribution in [0.4, 0.5) is 5.69 Å². The smallest absolute Gasteiger partial charge is 0.313 e. The first-order chi connectivity index (χ1) is 26.6. The number of amides is 3. The number of alkyl halides is 1. The normalized spacial score (nSPS) is 25.4. The van der Waals surface area contributed by atoms with E-state index in [4.69, 9.17) is 25.8 Å². The van der Waals surface area contributed by atoms with Crippen LogP contribution in [0.1, 0.15) is 42.5 Å². The first-order valence-corrected chi connectivity index (χ1v) is 19.5. The first kappa shape index (κ1) is 40.3. The van der Waals surface area contributed by atoms with Crippen molar-refractivity contribution in [2.45, 2.75) is 60.0 Å². The second-order valence-electron chi connectivity index (χ2n) is 13.9. The molecule has 3 saturated heterocycles. The number of hydrogen-bond donors (Lipinski definition) is 2. The van der Waals surface area contributed by atoms with Crippen LogP contribution in [0.25, 0.3) is 0 Å². The lowest BCUT2D eigenvalue weighted by Gasteiger charge is -2.39. The van der Waals surface area contributed by atoms with Gasteiger partial charge in [-0.3, -0.25) is 19.2 Å². The van der Waals surface area contributed by atoms with Crippen molar-refractivity contribution >= 4 is 56.9 Å². The van der Waals surface area contributed by atoms with Gasteiger partial charge in [0.15, 0.2) is 0 Å². The number of methoxy groups -OCH3 is 1. The van der Waals surface area contributed by atoms with Crippen LogP contribution in [-0.2, 0) is 33.4 Å². The number of ether oxygens (including phenoxy) is 3. The molecule has 1 spiro atoms. The maximum Gasteiger partial charge on any atom is 0.313 e. The largest absolute Gasteiger partial charge is 0.455 e. The molecule has 3 aromatic carbocycles. The van der Waals surface area contributed by atoms with Crippen LogP contribution in [-0.4, -0.2) is 89.2 Å². The highest BCUT2D eigenvalue weighted by atomic mass is 79.9. The van der Waals surface area contributed by atoms with Crippen molar-refractivity contribution < 1.29 is 38.5 Å². The van der Waals surface area contributed by atoms with Crippen molar-refractivity contribution in [1.82, 2.24) is 10.2 Å². The molecule has 2 N–H and O–H groups in total. The van der Waals surface area contributed by atoms with Crippen molar-refractivity contribution in [2.24, 2.45) is 11.8 Å². The molecule has 1 unspecified atom stereocenters. The molecule has 13 heteroatoms. The number of rotatable bonds is 17. The molecule has 2 bridgehead atoms. The standard InChI is InChI=1S/C42H45BrClN3O8/c1-4-6-21-33(49)45-30(25-53-3)36(27-17-11-8-12-18-27)54-41(52)34-35-39(50)47(32(24-48)26-15-9-7-10-16-26)38(42(35)23-28(43)37(34)55-42)40(51)46(22-5-2)31-20-14-13-19-29(31)44/h4-5,7-20,28,30,32,34-38,48H,1-2,6,21-25H2,3H3,(H,45,49)/t28?,30-,32+,34+,35-,36-,37+,38+,42-/m0/s1. The highest BCUT2D eigenvalue weighted by Crippen LogP contribution is 2.62. The molecule has 55 heavy (non-hydrogen) atoms. The fourth-order valence-corrected chi connectivity index (χ4v) is 9.54. The zero-order chi connectivity index (χ0) is 39.3. The fraction of sp³-hybridized carbons (Fsp3) is 0.381. The number of fused-ring (bicyclic) bond motifs is 1. The Morgan fingerprint density at radius 3 is 2.33 bits per heavy atom. The van der Waals surface area contributed by atoms with Crippen LogP contribution >= 0.6 is 27.5 Å². The molecular weight excluding hydrogens is 790 g/mol. The minimum absolute atomic E-state index is 0.0193. The van der Waals surface area contributed by atoms with Gasteiger partial charge in [-0.25, -0.2) is 0 Å². The van der Waals surface area contributed by atoms with Crippen molar-refractivity contribution in [3.05, 3.63) is 126 Å². The summed E-state index contributed by atoms with van der Waals surface area (Å²) in [5.41, 5.74) is 0.119. The third kappa shape index (κ3) is 7.75. The Hall–Kier alpha value is -4.33. The SMILES string of the molecule is C=CCCC(=O)N[C@@H](COC)[C@@H](OC(=O)[C@H]1[C@@H]2O[C@@]3(CC2Br)[C@@H]1C(=O)N([C@H](CO)c1ccccc1)[C@@H]3C(=O)N(CC=C)c1ccccc1Cl)c1ccccc1. The number of aliphatic hydroxyl groups is 1. The number of aliphatic hydroxyl groups excluding tert-OH is 1. The van der Waals surface area contributed by atoms with Crippen molar-refractivity contribution in [3.63, 3.8) is 0 Å². The number of carbonyl (C=O) groups excluding carboxylic acids is 4. The van der Waals surface area contributed by atoms with Crippen molar-refractivity contribution in [2.75, 3.05) is 31.8 Å². The van der Waals surface area contributed by atoms with Gasteiger partial charge in [-0.1, -0.05) is 112 Å². The van der Waals surface area contributed by atoms with Crippen LogP contribution in [0.2, 0.25) is 5.02 Å². The predicted octanol–water partition coefficient (Wildman–Crippen LogP) is 5.72. The summed E-state index contributed by atoms with van der Waals surface area (Å²) in [6, 6.07) is 21.8. The number of benzene rings is 3. The Morgan fingerprint density at radius 2 is 1.71 bits per heavy atom. The molecular formula is C42H45BrClN3O8. The van der Waals surface area contributed by atoms with Crippen LogP contribution in [0, 0.1) is 11.8 Å². The number of nitrogens with zero attached hydrogens (tertiary/aromatic N) is 2. The van der Waals surface area contributed by atoms with E-state index in [-0.39, 0.29) is 31.9 Å². The number of likely N-dealkylation sites (tertiary alicyclic amines) is 1. The molecule has 9 atom stereocenters. The number of esters is 1. The predicted molar refractivity (Wildman–Crippen MR) is 211 cm³/mol. The number of allylic oxidation sites excluding steroid dienone is 1. The lowest BCUT2D eigenvalue weighted by molar-refractivity contribution is -0.163. The minimum Gasteiger partial charge on any atom is -0.455 e. The average Bonchev–Trinajstić information content (AvgIpc) is 3.79. The molecule has 6 rings (SSSR count). The first-order valence-electron chi connectivity index (χ1n) is 18.2. The summed E-state index contributed by atoms with van der Waals surface area (Å²) in [7, 11) is 1.49. The quantitative estimate of drug-likeness (QED) is 0.100. The molecule has 3 heterocycles. The van der Waals surface area contributed by atoms with Crippen molar-refractivity contribution in [3.8, 4) is 0 Å². The van der Waals surface area contributed by atoms with Crippen LogP contribution in [0.3, 0.4) is 0 Å². The lowest BCUT2D eigenvalue weighted by atomic mass is 9.70. The molecule has 3 fully saturated rings. The van der Waals surface area contributed by atoms with Crippen LogP contribution < -0.4 is 10.2 Å². The Labute approximate surface area is 334 Å². The van der Waals surface area contributed by atoms with Gasteiger partial charge in [0, 0.05) is 24.9 Å². The summed E-state index contributed by atoms with van der Waals surface area (Å²) >= 11 is 10.4. The van der Waals surface area contributed by atoms with E-state index in [1.54, 1.807) is 84.9 Å². The molecule has 0 radical (unpaired) electrons. The van der Waals surface area contributed by atoms with Crippen LogP contribution in [0.5, 0.6) is 0 Å². The van der Waals surface area contributed by atoms with E-state index in [0.29, 0.717) is 28.3 Å². The zero-order valence-electron chi connectivity index (χ0n) is 30.5. The topological polar surface area (TPSA) is 135 Å². The summed E-state index contributed by atoms with van der Waals surface area (Å²) in [6.45, 7) is 7.14. The van der Waals surface area contributed by atoms with Gasteiger partial charge >= 0.3 is 5.97 Å². The number of nitrogens with one attached hydrogen (secondary N) is 1. The maximum atomic E-state index is 15.2. The van der Waals surface area contributed by atoms with Gasteiger partial charge in [-0.15, -0.1) is 13.2 Å². The summed E-state index contributed by atoms with van der Waals surface area (Å²) in [4.78, 5) is 60.4. The minimum atomic E-state index is -1.49. The summed E-state index contributed by atoms with van der Waals surface area (Å²) in [5, 5.41) is 14.2. The maximum absolute atomic E-state index is 15.2. The highest BCUT2D eigenvalue weighted by Gasteiger charge is 2.78. The second kappa shape index (κ2) is 17.6. The molecule has 11 nitrogen and oxygen atoms in total. The van der Waals surface area contributed by atoms with E-state index < -0.39 is 77.0 Å². The van der Waals surface area contributed by atoms with Crippen molar-refractivity contribution in [1.29, 1.82) is 0 Å². The number of carbonyl (C=O) groups is 4. The number of hydrogen-bond acceptors (Lipinski definition) is 8. The van der Waals surface area contributed by atoms with E-state index >= 15 is 9.59 Å². The third-order valence-electron chi connectivity index (χ3n) is 10.7. The van der Waals surface area contributed by atoms with Gasteiger partial charge in [0.2, 0.25) is 11.8 Å². The molecule has 3 aliphatic heterocycles. The van der Waals surface area contributed by atoms with E-state index in [9.17, 15) is 14.7 Å². The van der Waals surface area contributed by atoms with E-state index in [1.165, 1.54) is 16.9 Å². The summed E-state index contributed by atoms with van der Waals surface area (Å²) < 4.78 is 18.7. The van der Waals surface area contributed by atoms with Crippen LogP contribution in [0.15, 0.2) is 110 Å². The zero-order valence-corrected chi connectivity index (χ0v) is 32.8. The van der Waals surface area contributed by atoms with Gasteiger partial charge < -0.3 is 34.4 Å². The second-order valence-corrected chi connectivity index (χ2v) is 15.5. The molecule has 0 aromatic heterocycles. The Kier molecular flexibility index (Phi) is 12.9. The summed E-state index contributed by atoms with van der Waals surface area (Å²) in [5.74, 6) is -4.33. The number of anilines is 1. The van der Waals surface area contributed by atoms with Gasteiger partial charge in [0.25, 0.3) is 5.91 Å². The van der Waals surface area contributed by atoms with E-state index in [2.05, 4.69) is 34.4 Å².